The minimum absolute atomic E-state index is 0.0377. The first-order chi connectivity index (χ1) is 12.6. The molecular formula is C23H29NO2. The lowest BCUT2D eigenvalue weighted by Crippen LogP contribution is -2.39. The fourth-order valence-corrected chi connectivity index (χ4v) is 3.51. The lowest BCUT2D eigenvalue weighted by atomic mass is 9.92. The Morgan fingerprint density at radius 3 is 2.46 bits per heavy atom. The molecule has 0 aliphatic heterocycles. The van der Waals surface area contributed by atoms with Crippen molar-refractivity contribution in [2.24, 2.45) is 0 Å². The number of ether oxygens (including phenoxy) is 1. The lowest BCUT2D eigenvalue weighted by Gasteiger charge is -2.22. The highest BCUT2D eigenvalue weighted by Crippen LogP contribution is 2.26. The van der Waals surface area contributed by atoms with Gasteiger partial charge < -0.3 is 10.1 Å². The van der Waals surface area contributed by atoms with Crippen molar-refractivity contribution in [2.75, 3.05) is 0 Å². The molecule has 1 amide bonds. The number of nitrogens with one attached hydrogen (secondary N) is 1. The number of hydrogen-bond donors (Lipinski definition) is 1. The fraction of sp³-hybridized carbons (Fsp3) is 0.435. The molecule has 0 heterocycles. The fourth-order valence-electron chi connectivity index (χ4n) is 3.51. The number of hydrogen-bond acceptors (Lipinski definition) is 2. The largest absolute Gasteiger partial charge is 0.481 e. The van der Waals surface area contributed by atoms with Crippen LogP contribution in [0.1, 0.15) is 61.4 Å². The minimum atomic E-state index is -0.468. The Morgan fingerprint density at radius 1 is 1.08 bits per heavy atom. The average Bonchev–Trinajstić information content (AvgIpc) is 2.66. The van der Waals surface area contributed by atoms with E-state index < -0.39 is 6.10 Å². The van der Waals surface area contributed by atoms with Gasteiger partial charge in [-0.2, -0.15) is 0 Å². The number of fused-ring (bicyclic) bond motifs is 1. The van der Waals surface area contributed by atoms with E-state index in [9.17, 15) is 4.79 Å². The highest BCUT2D eigenvalue weighted by Gasteiger charge is 2.21. The standard InChI is InChI=1S/C23H29NO2/c1-4-22(23(25)24-17(3)18-11-9-16(2)10-12-18)26-21-14-13-19-7-5-6-8-20(19)15-21/h9-15,17,22H,4-8H2,1-3H3,(H,24,25)/t17-,22+/m0/s1. The van der Waals surface area contributed by atoms with Crippen molar-refractivity contribution in [1.29, 1.82) is 0 Å². The quantitative estimate of drug-likeness (QED) is 0.803. The third kappa shape index (κ3) is 4.46. The SMILES string of the molecule is CC[C@@H](Oc1ccc2c(c1)CCCC2)C(=O)N[C@@H](C)c1ccc(C)cc1. The summed E-state index contributed by atoms with van der Waals surface area (Å²) >= 11 is 0. The molecular weight excluding hydrogens is 322 g/mol. The van der Waals surface area contributed by atoms with Gasteiger partial charge in [-0.25, -0.2) is 0 Å². The van der Waals surface area contributed by atoms with Gasteiger partial charge in [-0.05, 0) is 74.8 Å². The Balaban J connectivity index is 1.64. The van der Waals surface area contributed by atoms with Crippen molar-refractivity contribution in [3.8, 4) is 5.75 Å². The number of aryl methyl sites for hydroxylation is 3. The summed E-state index contributed by atoms with van der Waals surface area (Å²) in [5.74, 6) is 0.744. The van der Waals surface area contributed by atoms with Crippen molar-refractivity contribution < 1.29 is 9.53 Å². The van der Waals surface area contributed by atoms with E-state index in [4.69, 9.17) is 4.74 Å². The van der Waals surface area contributed by atoms with E-state index in [1.165, 1.54) is 29.5 Å². The zero-order valence-electron chi connectivity index (χ0n) is 16.0. The van der Waals surface area contributed by atoms with Gasteiger partial charge in [0.05, 0.1) is 6.04 Å². The molecule has 0 radical (unpaired) electrons. The molecule has 26 heavy (non-hydrogen) atoms. The molecule has 0 bridgehead atoms. The smallest absolute Gasteiger partial charge is 0.261 e. The second-order valence-electron chi connectivity index (χ2n) is 7.29. The monoisotopic (exact) mass is 351 g/mol. The third-order valence-electron chi connectivity index (χ3n) is 5.20. The molecule has 2 aromatic carbocycles. The van der Waals surface area contributed by atoms with E-state index >= 15 is 0 Å². The molecule has 138 valence electrons. The van der Waals surface area contributed by atoms with Crippen LogP contribution in [0.15, 0.2) is 42.5 Å². The molecule has 1 N–H and O–H groups in total. The number of carbonyl (C=O) groups excluding carboxylic acids is 1. The van der Waals surface area contributed by atoms with Gasteiger partial charge in [0.2, 0.25) is 0 Å². The van der Waals surface area contributed by atoms with E-state index in [1.54, 1.807) is 0 Å². The van der Waals surface area contributed by atoms with Crippen LogP contribution in [0.2, 0.25) is 0 Å². The first-order valence-corrected chi connectivity index (χ1v) is 9.72. The maximum absolute atomic E-state index is 12.7. The molecule has 0 saturated heterocycles. The van der Waals surface area contributed by atoms with E-state index in [1.807, 2.05) is 19.9 Å². The lowest BCUT2D eigenvalue weighted by molar-refractivity contribution is -0.128. The molecule has 1 aliphatic carbocycles. The van der Waals surface area contributed by atoms with Crippen molar-refractivity contribution in [3.63, 3.8) is 0 Å². The second-order valence-corrected chi connectivity index (χ2v) is 7.29. The molecule has 0 unspecified atom stereocenters. The summed E-state index contributed by atoms with van der Waals surface area (Å²) in [6.45, 7) is 6.06. The molecule has 3 heteroatoms. The number of rotatable bonds is 6. The zero-order chi connectivity index (χ0) is 18.5. The first kappa shape index (κ1) is 18.5. The number of benzene rings is 2. The molecule has 3 rings (SSSR count). The topological polar surface area (TPSA) is 38.3 Å². The number of amides is 1. The summed E-state index contributed by atoms with van der Waals surface area (Å²) in [6, 6.07) is 14.5. The van der Waals surface area contributed by atoms with Crippen molar-refractivity contribution in [2.45, 2.75) is 65.0 Å². The second kappa shape index (κ2) is 8.39. The van der Waals surface area contributed by atoms with Crippen LogP contribution in [-0.2, 0) is 17.6 Å². The first-order valence-electron chi connectivity index (χ1n) is 9.72. The maximum atomic E-state index is 12.7. The molecule has 2 atom stereocenters. The molecule has 0 saturated carbocycles. The van der Waals surface area contributed by atoms with Crippen LogP contribution >= 0.6 is 0 Å². The molecule has 0 spiro atoms. The van der Waals surface area contributed by atoms with Crippen LogP contribution in [-0.4, -0.2) is 12.0 Å². The molecule has 2 aromatic rings. The van der Waals surface area contributed by atoms with Crippen LogP contribution < -0.4 is 10.1 Å². The van der Waals surface area contributed by atoms with Gasteiger partial charge in [-0.3, -0.25) is 4.79 Å². The maximum Gasteiger partial charge on any atom is 0.261 e. The Morgan fingerprint density at radius 2 is 1.77 bits per heavy atom. The molecule has 1 aliphatic rings. The van der Waals surface area contributed by atoms with Gasteiger partial charge in [0, 0.05) is 0 Å². The Hall–Kier alpha value is -2.29. The van der Waals surface area contributed by atoms with E-state index in [2.05, 4.69) is 48.6 Å². The molecule has 0 fully saturated rings. The summed E-state index contributed by atoms with van der Waals surface area (Å²) < 4.78 is 6.04. The van der Waals surface area contributed by atoms with Crippen LogP contribution in [0.3, 0.4) is 0 Å². The van der Waals surface area contributed by atoms with Crippen LogP contribution in [0.25, 0.3) is 0 Å². The normalized spacial score (nSPS) is 15.7. The third-order valence-corrected chi connectivity index (χ3v) is 5.20. The zero-order valence-corrected chi connectivity index (χ0v) is 16.0. The van der Waals surface area contributed by atoms with Gasteiger partial charge in [0.15, 0.2) is 6.10 Å². The van der Waals surface area contributed by atoms with Gasteiger partial charge in [0.1, 0.15) is 5.75 Å². The van der Waals surface area contributed by atoms with Crippen LogP contribution in [0.4, 0.5) is 0 Å². The Labute approximate surface area is 156 Å². The van der Waals surface area contributed by atoms with E-state index in [-0.39, 0.29) is 11.9 Å². The van der Waals surface area contributed by atoms with Crippen molar-refractivity contribution >= 4 is 5.91 Å². The summed E-state index contributed by atoms with van der Waals surface area (Å²) in [5.41, 5.74) is 5.12. The van der Waals surface area contributed by atoms with Crippen LogP contribution in [0.5, 0.6) is 5.75 Å². The van der Waals surface area contributed by atoms with E-state index in [0.717, 1.165) is 24.2 Å². The molecule has 0 aromatic heterocycles. The average molecular weight is 351 g/mol. The highest BCUT2D eigenvalue weighted by atomic mass is 16.5. The van der Waals surface area contributed by atoms with Gasteiger partial charge in [0.25, 0.3) is 5.91 Å². The minimum Gasteiger partial charge on any atom is -0.481 e. The summed E-state index contributed by atoms with van der Waals surface area (Å²) in [6.07, 6.45) is 4.95. The van der Waals surface area contributed by atoms with Crippen LogP contribution in [0, 0.1) is 6.92 Å². The van der Waals surface area contributed by atoms with Gasteiger partial charge in [-0.15, -0.1) is 0 Å². The predicted octanol–water partition coefficient (Wildman–Crippen LogP) is 4.91. The Bertz CT molecular complexity index is 751. The molecule has 3 nitrogen and oxygen atoms in total. The highest BCUT2D eigenvalue weighted by molar-refractivity contribution is 5.81. The number of carbonyl (C=O) groups is 1. The van der Waals surface area contributed by atoms with Gasteiger partial charge in [-0.1, -0.05) is 42.8 Å². The van der Waals surface area contributed by atoms with E-state index in [0.29, 0.717) is 6.42 Å². The summed E-state index contributed by atoms with van der Waals surface area (Å²) in [7, 11) is 0. The summed E-state index contributed by atoms with van der Waals surface area (Å²) in [5, 5.41) is 3.09. The van der Waals surface area contributed by atoms with Gasteiger partial charge >= 0.3 is 0 Å². The summed E-state index contributed by atoms with van der Waals surface area (Å²) in [4.78, 5) is 12.7. The Kier molecular flexibility index (Phi) is 5.97. The van der Waals surface area contributed by atoms with Crippen molar-refractivity contribution in [3.05, 3.63) is 64.7 Å². The predicted molar refractivity (Wildman–Crippen MR) is 106 cm³/mol. The van der Waals surface area contributed by atoms with Crippen molar-refractivity contribution in [1.82, 2.24) is 5.32 Å².